The van der Waals surface area contributed by atoms with Crippen molar-refractivity contribution in [3.05, 3.63) is 77.1 Å². The molecule has 0 radical (unpaired) electrons. The first-order valence-corrected chi connectivity index (χ1v) is 14.4. The number of alkyl halides is 3. The molecule has 1 saturated heterocycles. The van der Waals surface area contributed by atoms with Crippen LogP contribution in [0.4, 0.5) is 17.6 Å². The minimum atomic E-state index is -4.81. The van der Waals surface area contributed by atoms with Crippen molar-refractivity contribution in [3.63, 3.8) is 0 Å². The second-order valence-electron chi connectivity index (χ2n) is 8.33. The lowest BCUT2D eigenvalue weighted by Gasteiger charge is -2.23. The van der Waals surface area contributed by atoms with E-state index in [9.17, 15) is 34.4 Å². The van der Waals surface area contributed by atoms with Crippen molar-refractivity contribution in [2.75, 3.05) is 24.6 Å². The number of rotatable bonds is 9. The van der Waals surface area contributed by atoms with Crippen LogP contribution in [0.2, 0.25) is 0 Å². The molecule has 0 aromatic heterocycles. The lowest BCUT2D eigenvalue weighted by molar-refractivity contribution is -0.137. The second-order valence-corrected chi connectivity index (χ2v) is 12.1. The zero-order valence-corrected chi connectivity index (χ0v) is 20.8. The van der Waals surface area contributed by atoms with Crippen LogP contribution in [0.5, 0.6) is 0 Å². The van der Waals surface area contributed by atoms with Crippen LogP contribution in [0, 0.1) is 0 Å². The Morgan fingerprint density at radius 1 is 1.03 bits per heavy atom. The van der Waals surface area contributed by atoms with E-state index in [1.807, 2.05) is 0 Å². The third-order valence-corrected chi connectivity index (χ3v) is 8.39. The number of piperidine rings is 1. The van der Waals surface area contributed by atoms with Crippen LogP contribution in [0.25, 0.3) is 12.2 Å². The summed E-state index contributed by atoms with van der Waals surface area (Å²) in [7, 11) is -8.12. The average Bonchev–Trinajstić information content (AvgIpc) is 2.79. The molecule has 1 aliphatic rings. The summed E-state index contributed by atoms with van der Waals surface area (Å²) in [5, 5.41) is 3.10. The summed E-state index contributed by atoms with van der Waals surface area (Å²) in [5.74, 6) is -2.60. The van der Waals surface area contributed by atoms with Crippen LogP contribution < -0.4 is 10.0 Å². The predicted octanol–water partition coefficient (Wildman–Crippen LogP) is 4.17. The highest BCUT2D eigenvalue weighted by molar-refractivity contribution is 7.91. The molecule has 0 amide bonds. The van der Waals surface area contributed by atoms with Gasteiger partial charge in [-0.3, -0.25) is 0 Å². The van der Waals surface area contributed by atoms with E-state index in [1.165, 1.54) is 0 Å². The van der Waals surface area contributed by atoms with Gasteiger partial charge in [0.2, 0.25) is 10.0 Å². The topological polar surface area (TPSA) is 92.3 Å². The van der Waals surface area contributed by atoms with Gasteiger partial charge in [-0.05, 0) is 61.3 Å². The van der Waals surface area contributed by atoms with Crippen LogP contribution in [0.1, 0.15) is 29.5 Å². The van der Waals surface area contributed by atoms with Crippen molar-refractivity contribution in [2.45, 2.75) is 30.0 Å². The highest BCUT2D eigenvalue weighted by atomic mass is 32.2. The van der Waals surface area contributed by atoms with Crippen LogP contribution in [-0.2, 0) is 26.0 Å². The van der Waals surface area contributed by atoms with E-state index in [4.69, 9.17) is 0 Å². The summed E-state index contributed by atoms with van der Waals surface area (Å²) in [6, 6.07) is 10.0. The number of halogens is 4. The summed E-state index contributed by atoms with van der Waals surface area (Å²) >= 11 is 0. The standard InChI is InChI=1S/C24H26F4N2O4S2/c25-20(15-18-5-2-1-3-6-18)17-35(31,32)22-8-9-23(24(26,27)28)19(16-22)7-4-14-36(33,34)30-21-10-12-29-13-11-21/h1-9,15-16,21,29-30H,10-14,17H2. The summed E-state index contributed by atoms with van der Waals surface area (Å²) in [5.41, 5.74) is -1.24. The van der Waals surface area contributed by atoms with Crippen molar-refractivity contribution in [2.24, 2.45) is 0 Å². The third-order valence-electron chi connectivity index (χ3n) is 5.44. The number of nitrogens with one attached hydrogen (secondary N) is 2. The summed E-state index contributed by atoms with van der Waals surface area (Å²) < 4.78 is 107. The molecule has 1 fully saturated rings. The Labute approximate surface area is 208 Å². The first kappa shape index (κ1) is 28.0. The molecule has 0 saturated carbocycles. The summed E-state index contributed by atoms with van der Waals surface area (Å²) in [6.45, 7) is 1.31. The Balaban J connectivity index is 1.82. The number of hydrogen-bond donors (Lipinski definition) is 2. The van der Waals surface area contributed by atoms with Crippen LogP contribution in [0.15, 0.2) is 65.3 Å². The predicted molar refractivity (Wildman–Crippen MR) is 131 cm³/mol. The van der Waals surface area contributed by atoms with Gasteiger partial charge in [0.05, 0.1) is 16.2 Å². The Morgan fingerprint density at radius 3 is 2.33 bits per heavy atom. The van der Waals surface area contributed by atoms with E-state index < -0.39 is 59.4 Å². The lowest BCUT2D eigenvalue weighted by atomic mass is 10.1. The lowest BCUT2D eigenvalue weighted by Crippen LogP contribution is -2.43. The molecule has 2 aromatic carbocycles. The molecule has 36 heavy (non-hydrogen) atoms. The average molecular weight is 547 g/mol. The van der Waals surface area contributed by atoms with Crippen LogP contribution in [0.3, 0.4) is 0 Å². The molecule has 0 aliphatic carbocycles. The molecule has 0 bridgehead atoms. The van der Waals surface area contributed by atoms with E-state index in [0.717, 1.165) is 30.4 Å². The fourth-order valence-corrected chi connectivity index (χ4v) is 6.09. The zero-order chi connectivity index (χ0) is 26.4. The Bertz CT molecular complexity index is 1320. The van der Waals surface area contributed by atoms with Gasteiger partial charge in [0.25, 0.3) is 0 Å². The van der Waals surface area contributed by atoms with Crippen LogP contribution in [-0.4, -0.2) is 47.5 Å². The smallest absolute Gasteiger partial charge is 0.317 e. The molecule has 1 heterocycles. The fourth-order valence-electron chi connectivity index (χ4n) is 3.71. The van der Waals surface area contributed by atoms with Gasteiger partial charge in [-0.15, -0.1) is 0 Å². The Kier molecular flexibility index (Phi) is 9.09. The van der Waals surface area contributed by atoms with Gasteiger partial charge < -0.3 is 5.32 Å². The number of sulfonamides is 1. The van der Waals surface area contributed by atoms with E-state index in [2.05, 4.69) is 10.0 Å². The molecule has 0 spiro atoms. The van der Waals surface area contributed by atoms with E-state index in [-0.39, 0.29) is 6.04 Å². The minimum absolute atomic E-state index is 0.261. The Morgan fingerprint density at radius 2 is 1.69 bits per heavy atom. The number of sulfone groups is 1. The molecule has 3 rings (SSSR count). The van der Waals surface area contributed by atoms with Gasteiger partial charge in [-0.2, -0.15) is 13.2 Å². The largest absolute Gasteiger partial charge is 0.416 e. The van der Waals surface area contributed by atoms with Crippen LogP contribution >= 0.6 is 0 Å². The van der Waals surface area contributed by atoms with Gasteiger partial charge >= 0.3 is 6.18 Å². The van der Waals surface area contributed by atoms with Gasteiger partial charge in [0, 0.05) is 6.04 Å². The van der Waals surface area contributed by atoms with Crippen molar-refractivity contribution >= 4 is 32.0 Å². The van der Waals surface area contributed by atoms with Crippen molar-refractivity contribution in [3.8, 4) is 0 Å². The van der Waals surface area contributed by atoms with Gasteiger partial charge in [0.1, 0.15) is 11.6 Å². The SMILES string of the molecule is O=S(=O)(CC=Cc1cc(S(=O)(=O)CC(F)=Cc2ccccc2)ccc1C(F)(F)F)NC1CCNCC1. The van der Waals surface area contributed by atoms with Gasteiger partial charge in [-0.1, -0.05) is 42.5 Å². The zero-order valence-electron chi connectivity index (χ0n) is 19.1. The van der Waals surface area contributed by atoms with E-state index in [0.29, 0.717) is 37.6 Å². The molecule has 2 aromatic rings. The maximum absolute atomic E-state index is 14.4. The molecule has 0 unspecified atom stereocenters. The normalized spacial score (nSPS) is 16.5. The van der Waals surface area contributed by atoms with Crippen molar-refractivity contribution in [1.29, 1.82) is 0 Å². The highest BCUT2D eigenvalue weighted by Gasteiger charge is 2.33. The maximum atomic E-state index is 14.4. The molecular weight excluding hydrogens is 520 g/mol. The first-order chi connectivity index (χ1) is 16.9. The first-order valence-electron chi connectivity index (χ1n) is 11.1. The summed E-state index contributed by atoms with van der Waals surface area (Å²) in [4.78, 5) is -0.512. The second kappa shape index (κ2) is 11.7. The van der Waals surface area contributed by atoms with Crippen molar-refractivity contribution < 1.29 is 34.4 Å². The fraction of sp³-hybridized carbons (Fsp3) is 0.333. The third kappa shape index (κ3) is 8.26. The molecule has 1 aliphatic heterocycles. The summed E-state index contributed by atoms with van der Waals surface area (Å²) in [6.07, 6.45) is -0.651. The molecule has 2 N–H and O–H groups in total. The maximum Gasteiger partial charge on any atom is 0.416 e. The quantitative estimate of drug-likeness (QED) is 0.461. The number of hydrogen-bond acceptors (Lipinski definition) is 5. The van der Waals surface area contributed by atoms with Gasteiger partial charge in [-0.25, -0.2) is 25.9 Å². The molecule has 6 nitrogen and oxygen atoms in total. The highest BCUT2D eigenvalue weighted by Crippen LogP contribution is 2.34. The number of benzene rings is 2. The monoisotopic (exact) mass is 546 g/mol. The van der Waals surface area contributed by atoms with Gasteiger partial charge in [0.15, 0.2) is 9.84 Å². The molecular formula is C24H26F4N2O4S2. The molecule has 0 atom stereocenters. The Hall–Kier alpha value is -2.54. The van der Waals surface area contributed by atoms with E-state index >= 15 is 0 Å². The molecule has 12 heteroatoms. The van der Waals surface area contributed by atoms with Crippen molar-refractivity contribution in [1.82, 2.24) is 10.0 Å². The molecule has 196 valence electrons. The van der Waals surface area contributed by atoms with E-state index in [1.54, 1.807) is 30.3 Å². The minimum Gasteiger partial charge on any atom is -0.317 e.